The van der Waals surface area contributed by atoms with Crippen LogP contribution in [0.1, 0.15) is 41.8 Å². The largest absolute Gasteiger partial charge is 0.334 e. The molecule has 0 saturated carbocycles. The molecule has 1 aliphatic rings. The van der Waals surface area contributed by atoms with Crippen molar-refractivity contribution >= 4 is 5.91 Å². The molecule has 0 radical (unpaired) electrons. The molecule has 1 fully saturated rings. The molecule has 140 valence electrons. The first-order valence-electron chi connectivity index (χ1n) is 9.40. The number of nitrogens with zero attached hydrogens (tertiary/aromatic N) is 3. The van der Waals surface area contributed by atoms with E-state index in [4.69, 9.17) is 0 Å². The maximum Gasteiger partial charge on any atom is 0.257 e. The summed E-state index contributed by atoms with van der Waals surface area (Å²) in [5, 5.41) is 7.59. The van der Waals surface area contributed by atoms with Crippen molar-refractivity contribution in [3.63, 3.8) is 0 Å². The van der Waals surface area contributed by atoms with Crippen LogP contribution < -0.4 is 5.32 Å². The van der Waals surface area contributed by atoms with Gasteiger partial charge in [-0.15, -0.1) is 0 Å². The Kier molecular flexibility index (Phi) is 6.04. The summed E-state index contributed by atoms with van der Waals surface area (Å²) >= 11 is 0. The zero-order chi connectivity index (χ0) is 18.5. The van der Waals surface area contributed by atoms with Crippen molar-refractivity contribution < 1.29 is 9.18 Å². The predicted octanol–water partition coefficient (Wildman–Crippen LogP) is 2.86. The third-order valence-electron chi connectivity index (χ3n) is 5.00. The number of aromatic nitrogens is 2. The van der Waals surface area contributed by atoms with Crippen molar-refractivity contribution in [3.8, 4) is 0 Å². The third kappa shape index (κ3) is 4.30. The molecule has 1 unspecified atom stereocenters. The molecule has 0 aliphatic carbocycles. The van der Waals surface area contributed by atoms with Gasteiger partial charge in [-0.3, -0.25) is 9.48 Å². The van der Waals surface area contributed by atoms with Crippen LogP contribution in [0.5, 0.6) is 0 Å². The lowest BCUT2D eigenvalue weighted by atomic mass is 9.97. The van der Waals surface area contributed by atoms with Crippen LogP contribution >= 0.6 is 0 Å². The number of amides is 1. The Morgan fingerprint density at radius 1 is 1.38 bits per heavy atom. The Balaban J connectivity index is 1.75. The molecule has 2 heterocycles. The first kappa shape index (κ1) is 18.6. The number of nitrogens with one attached hydrogen (secondary N) is 1. The summed E-state index contributed by atoms with van der Waals surface area (Å²) in [5.41, 5.74) is 2.15. The Morgan fingerprint density at radius 2 is 2.23 bits per heavy atom. The highest BCUT2D eigenvalue weighted by atomic mass is 19.1. The summed E-state index contributed by atoms with van der Waals surface area (Å²) in [5.74, 6) is -0.155. The maximum absolute atomic E-state index is 14.4. The molecule has 1 saturated heterocycles. The summed E-state index contributed by atoms with van der Waals surface area (Å²) < 4.78 is 16.2. The molecule has 26 heavy (non-hydrogen) atoms. The average Bonchev–Trinajstić information content (AvgIpc) is 3.32. The van der Waals surface area contributed by atoms with Crippen molar-refractivity contribution in [2.75, 3.05) is 19.6 Å². The predicted molar refractivity (Wildman–Crippen MR) is 99.4 cm³/mol. The minimum absolute atomic E-state index is 0.165. The Bertz CT molecular complexity index is 752. The van der Waals surface area contributed by atoms with Gasteiger partial charge >= 0.3 is 0 Å². The summed E-state index contributed by atoms with van der Waals surface area (Å²) in [4.78, 5) is 14.6. The molecular formula is C20H27FN4O. The molecule has 1 N–H and O–H groups in total. The Hall–Kier alpha value is -2.21. The van der Waals surface area contributed by atoms with Gasteiger partial charge in [0.2, 0.25) is 0 Å². The lowest BCUT2D eigenvalue weighted by Crippen LogP contribution is -2.31. The lowest BCUT2D eigenvalue weighted by molar-refractivity contribution is 0.0747. The summed E-state index contributed by atoms with van der Waals surface area (Å²) in [6.45, 7) is 7.69. The molecule has 6 heteroatoms. The molecule has 1 atom stereocenters. The van der Waals surface area contributed by atoms with Gasteiger partial charge in [-0.05, 0) is 63.4 Å². The highest BCUT2D eigenvalue weighted by Gasteiger charge is 2.21. The molecule has 0 bridgehead atoms. The number of hydrogen-bond acceptors (Lipinski definition) is 3. The van der Waals surface area contributed by atoms with Crippen molar-refractivity contribution in [1.29, 1.82) is 0 Å². The number of carbonyl (C=O) groups excluding carboxylic acids is 1. The van der Waals surface area contributed by atoms with E-state index in [9.17, 15) is 9.18 Å². The van der Waals surface area contributed by atoms with Crippen molar-refractivity contribution in [2.24, 2.45) is 5.92 Å². The van der Waals surface area contributed by atoms with Crippen LogP contribution in [0.2, 0.25) is 0 Å². The van der Waals surface area contributed by atoms with E-state index >= 15 is 0 Å². The minimum atomic E-state index is -0.453. The van der Waals surface area contributed by atoms with Crippen LogP contribution in [0.25, 0.3) is 0 Å². The highest BCUT2D eigenvalue weighted by molar-refractivity contribution is 5.94. The van der Waals surface area contributed by atoms with Gasteiger partial charge in [0.05, 0.1) is 11.8 Å². The van der Waals surface area contributed by atoms with Crippen LogP contribution in [-0.4, -0.2) is 40.2 Å². The van der Waals surface area contributed by atoms with E-state index in [1.807, 2.05) is 24.7 Å². The van der Waals surface area contributed by atoms with Gasteiger partial charge in [0.15, 0.2) is 0 Å². The van der Waals surface area contributed by atoms with Crippen molar-refractivity contribution in [3.05, 3.63) is 53.1 Å². The number of aryl methyl sites for hydroxylation is 1. The fraction of sp³-hybridized carbons (Fsp3) is 0.500. The first-order valence-corrected chi connectivity index (χ1v) is 9.40. The number of halogens is 1. The van der Waals surface area contributed by atoms with E-state index in [1.165, 1.54) is 6.07 Å². The molecule has 2 aromatic rings. The molecular weight excluding hydrogens is 331 g/mol. The second-order valence-corrected chi connectivity index (χ2v) is 6.90. The average molecular weight is 358 g/mol. The van der Waals surface area contributed by atoms with Gasteiger partial charge < -0.3 is 10.2 Å². The van der Waals surface area contributed by atoms with Gasteiger partial charge in [-0.1, -0.05) is 6.07 Å². The van der Waals surface area contributed by atoms with E-state index in [1.54, 1.807) is 23.2 Å². The molecule has 1 aliphatic heterocycles. The van der Waals surface area contributed by atoms with Crippen molar-refractivity contribution in [2.45, 2.75) is 39.8 Å². The van der Waals surface area contributed by atoms with Crippen LogP contribution in [0.4, 0.5) is 4.39 Å². The van der Waals surface area contributed by atoms with Gasteiger partial charge in [0.25, 0.3) is 5.91 Å². The van der Waals surface area contributed by atoms with Crippen LogP contribution in [0.3, 0.4) is 0 Å². The summed E-state index contributed by atoms with van der Waals surface area (Å²) in [7, 11) is 0. The van der Waals surface area contributed by atoms with Gasteiger partial charge in [-0.2, -0.15) is 5.10 Å². The topological polar surface area (TPSA) is 50.2 Å². The number of hydrogen-bond donors (Lipinski definition) is 1. The number of rotatable bonds is 7. The van der Waals surface area contributed by atoms with Crippen LogP contribution in [-0.2, 0) is 19.5 Å². The maximum atomic E-state index is 14.4. The fourth-order valence-electron chi connectivity index (χ4n) is 3.46. The van der Waals surface area contributed by atoms with E-state index in [2.05, 4.69) is 10.4 Å². The quantitative estimate of drug-likeness (QED) is 0.828. The van der Waals surface area contributed by atoms with Gasteiger partial charge in [0, 0.05) is 31.4 Å². The zero-order valence-corrected chi connectivity index (χ0v) is 15.5. The number of benzene rings is 1. The minimum Gasteiger partial charge on any atom is -0.334 e. The Morgan fingerprint density at radius 3 is 2.88 bits per heavy atom. The normalized spacial score (nSPS) is 16.8. The van der Waals surface area contributed by atoms with Crippen molar-refractivity contribution in [1.82, 2.24) is 20.0 Å². The third-order valence-corrected chi connectivity index (χ3v) is 5.00. The second-order valence-electron chi connectivity index (χ2n) is 6.90. The fourth-order valence-corrected chi connectivity index (χ4v) is 3.46. The summed E-state index contributed by atoms with van der Waals surface area (Å²) in [6, 6.07) is 4.95. The molecule has 5 nitrogen and oxygen atoms in total. The first-order chi connectivity index (χ1) is 12.6. The van der Waals surface area contributed by atoms with E-state index in [-0.39, 0.29) is 11.5 Å². The second kappa shape index (κ2) is 8.45. The van der Waals surface area contributed by atoms with Gasteiger partial charge in [0.1, 0.15) is 5.82 Å². The molecule has 1 amide bonds. The lowest BCUT2D eigenvalue weighted by Gasteiger charge is -2.21. The highest BCUT2D eigenvalue weighted by Crippen LogP contribution is 2.20. The standard InChI is InChI=1S/C20H27FN4O/c1-3-24(13-17-12-23-25(4-2)14-17)20(26)18-10-15(5-6-19(18)21)9-16-7-8-22-11-16/h5-6,10,12,14,16,22H,3-4,7-9,11,13H2,1-2H3. The van der Waals surface area contributed by atoms with E-state index in [0.717, 1.165) is 43.6 Å². The molecule has 3 rings (SSSR count). The molecule has 1 aromatic carbocycles. The zero-order valence-electron chi connectivity index (χ0n) is 15.5. The SMILES string of the molecule is CCN(Cc1cnn(CC)c1)C(=O)c1cc(CC2CCNC2)ccc1F. The summed E-state index contributed by atoms with van der Waals surface area (Å²) in [6.07, 6.45) is 5.70. The van der Waals surface area contributed by atoms with Crippen LogP contribution in [0, 0.1) is 11.7 Å². The van der Waals surface area contributed by atoms with E-state index in [0.29, 0.717) is 19.0 Å². The Labute approximate surface area is 154 Å². The smallest absolute Gasteiger partial charge is 0.257 e. The van der Waals surface area contributed by atoms with Crippen LogP contribution in [0.15, 0.2) is 30.6 Å². The molecule has 1 aromatic heterocycles. The molecule has 0 spiro atoms. The monoisotopic (exact) mass is 358 g/mol. The van der Waals surface area contributed by atoms with E-state index < -0.39 is 5.82 Å². The van der Waals surface area contributed by atoms with Gasteiger partial charge in [-0.25, -0.2) is 4.39 Å². The number of carbonyl (C=O) groups is 1.